The summed E-state index contributed by atoms with van der Waals surface area (Å²) in [5, 5.41) is 12.5. The number of benzene rings is 2. The lowest BCUT2D eigenvalue weighted by Crippen LogP contribution is -2.48. The first-order valence-electron chi connectivity index (χ1n) is 15.3. The molecule has 2 aromatic carbocycles. The van der Waals surface area contributed by atoms with Crippen LogP contribution in [0.15, 0.2) is 53.4 Å². The van der Waals surface area contributed by atoms with Crippen LogP contribution in [0.2, 0.25) is 0 Å². The number of carbonyl (C=O) groups is 2. The van der Waals surface area contributed by atoms with Crippen molar-refractivity contribution in [3.63, 3.8) is 0 Å². The molecule has 2 N–H and O–H groups in total. The van der Waals surface area contributed by atoms with Gasteiger partial charge in [-0.15, -0.1) is 0 Å². The Hall–Kier alpha value is -3.20. The molecule has 0 bridgehead atoms. The quantitative estimate of drug-likeness (QED) is 0.381. The van der Waals surface area contributed by atoms with Crippen LogP contribution in [0, 0.1) is 5.92 Å². The average Bonchev–Trinajstić information content (AvgIpc) is 3.01. The van der Waals surface area contributed by atoms with Crippen LogP contribution < -0.4 is 10.1 Å². The molecule has 256 valence electrons. The Kier molecular flexibility index (Phi) is 13.4. The van der Waals surface area contributed by atoms with Crippen LogP contribution in [-0.4, -0.2) is 92.3 Å². The number of aliphatic hydroxyl groups is 1. The molecule has 3 rings (SSSR count). The molecule has 2 aromatic rings. The molecular formula is C32H44F3N3O7S. The number of hydrogen-bond donors (Lipinski definition) is 2. The molecule has 2 amide bonds. The number of ether oxygens (including phenoxy) is 2. The maximum Gasteiger partial charge on any atom is 0.389 e. The van der Waals surface area contributed by atoms with Gasteiger partial charge in [0.05, 0.1) is 41.7 Å². The van der Waals surface area contributed by atoms with Gasteiger partial charge in [0.15, 0.2) is 0 Å². The van der Waals surface area contributed by atoms with E-state index >= 15 is 0 Å². The topological polar surface area (TPSA) is 125 Å². The molecular weight excluding hydrogens is 627 g/mol. The third-order valence-corrected chi connectivity index (χ3v) is 9.70. The third kappa shape index (κ3) is 10.7. The summed E-state index contributed by atoms with van der Waals surface area (Å²) in [5.74, 6) is -1.57. The van der Waals surface area contributed by atoms with E-state index in [1.54, 1.807) is 25.1 Å². The molecule has 0 radical (unpaired) electrons. The SMILES string of the molecule is C[C@H](CO)N1C[C@H](C)[C@H](CN(C)S(=O)(=O)c2ccccc2)OCCCC[C@H](C)Oc2ccc(NC(=O)CCC(F)(F)F)cc2C1=O. The van der Waals surface area contributed by atoms with Crippen LogP contribution in [-0.2, 0) is 19.6 Å². The number of halogens is 3. The van der Waals surface area contributed by atoms with E-state index in [4.69, 9.17) is 9.47 Å². The zero-order chi connectivity index (χ0) is 34.1. The molecule has 1 heterocycles. The Morgan fingerprint density at radius 2 is 1.85 bits per heavy atom. The summed E-state index contributed by atoms with van der Waals surface area (Å²) in [6.07, 6.45) is -5.46. The number of nitrogens with one attached hydrogen (secondary N) is 1. The van der Waals surface area contributed by atoms with Gasteiger partial charge in [-0.3, -0.25) is 9.59 Å². The Bertz CT molecular complexity index is 1410. The van der Waals surface area contributed by atoms with Crippen molar-refractivity contribution in [3.8, 4) is 5.75 Å². The van der Waals surface area contributed by atoms with Crippen molar-refractivity contribution < 1.29 is 45.8 Å². The third-order valence-electron chi connectivity index (χ3n) is 7.86. The minimum Gasteiger partial charge on any atom is -0.490 e. The van der Waals surface area contributed by atoms with Crippen molar-refractivity contribution in [2.75, 3.05) is 38.7 Å². The maximum absolute atomic E-state index is 14.2. The van der Waals surface area contributed by atoms with E-state index in [2.05, 4.69) is 5.32 Å². The molecule has 46 heavy (non-hydrogen) atoms. The average molecular weight is 672 g/mol. The first kappa shape index (κ1) is 37.3. The van der Waals surface area contributed by atoms with Gasteiger partial charge < -0.3 is 24.8 Å². The van der Waals surface area contributed by atoms with Gasteiger partial charge in [0.2, 0.25) is 15.9 Å². The van der Waals surface area contributed by atoms with Crippen LogP contribution in [0.3, 0.4) is 0 Å². The molecule has 0 saturated carbocycles. The molecule has 4 atom stereocenters. The second kappa shape index (κ2) is 16.6. The first-order valence-corrected chi connectivity index (χ1v) is 16.8. The lowest BCUT2D eigenvalue weighted by Gasteiger charge is -2.35. The van der Waals surface area contributed by atoms with E-state index in [0.29, 0.717) is 19.4 Å². The number of alkyl halides is 3. The predicted octanol–water partition coefficient (Wildman–Crippen LogP) is 5.08. The molecule has 1 aliphatic rings. The largest absolute Gasteiger partial charge is 0.490 e. The Balaban J connectivity index is 1.94. The lowest BCUT2D eigenvalue weighted by molar-refractivity contribution is -0.142. The van der Waals surface area contributed by atoms with Crippen LogP contribution >= 0.6 is 0 Å². The van der Waals surface area contributed by atoms with Crippen molar-refractivity contribution in [2.45, 2.75) is 82.2 Å². The minimum atomic E-state index is -4.49. The molecule has 0 aliphatic carbocycles. The molecule has 10 nitrogen and oxygen atoms in total. The van der Waals surface area contributed by atoms with Crippen LogP contribution in [0.25, 0.3) is 0 Å². The van der Waals surface area contributed by atoms with Crippen molar-refractivity contribution in [1.29, 1.82) is 0 Å². The zero-order valence-electron chi connectivity index (χ0n) is 26.6. The van der Waals surface area contributed by atoms with Gasteiger partial charge in [-0.25, -0.2) is 8.42 Å². The van der Waals surface area contributed by atoms with E-state index in [0.717, 1.165) is 6.42 Å². The van der Waals surface area contributed by atoms with E-state index in [9.17, 15) is 36.3 Å². The summed E-state index contributed by atoms with van der Waals surface area (Å²) in [4.78, 5) is 28.0. The molecule has 0 fully saturated rings. The minimum absolute atomic E-state index is 0.0120. The van der Waals surface area contributed by atoms with Gasteiger partial charge in [0, 0.05) is 44.8 Å². The molecule has 14 heteroatoms. The van der Waals surface area contributed by atoms with E-state index in [-0.39, 0.29) is 47.7 Å². The van der Waals surface area contributed by atoms with E-state index in [1.165, 1.54) is 46.6 Å². The Labute approximate surface area is 268 Å². The number of hydrogen-bond acceptors (Lipinski definition) is 7. The lowest BCUT2D eigenvalue weighted by atomic mass is 10.0. The summed E-state index contributed by atoms with van der Waals surface area (Å²) in [7, 11) is -2.35. The number of rotatable bonds is 9. The summed E-state index contributed by atoms with van der Waals surface area (Å²) in [6, 6.07) is 11.7. The highest BCUT2D eigenvalue weighted by Gasteiger charge is 2.33. The standard InChI is InChI=1S/C32H44F3N3O7S/c1-22-19-38(23(2)21-39)31(41)27-18-25(36-30(40)15-16-32(33,34)35)13-14-28(27)45-24(3)10-8-9-17-44-29(22)20-37(4)46(42,43)26-11-6-5-7-12-26/h5-7,11-14,18,22-24,29,39H,8-10,15-17,19-21H2,1-4H3,(H,36,40)/t22-,23+,24-,29-/m0/s1. The van der Waals surface area contributed by atoms with Crippen LogP contribution in [0.4, 0.5) is 18.9 Å². The van der Waals surface area contributed by atoms with Crippen molar-refractivity contribution >= 4 is 27.5 Å². The highest BCUT2D eigenvalue weighted by molar-refractivity contribution is 7.89. The number of sulfonamides is 1. The van der Waals surface area contributed by atoms with Gasteiger partial charge in [0.25, 0.3) is 5.91 Å². The predicted molar refractivity (Wildman–Crippen MR) is 167 cm³/mol. The molecule has 0 aromatic heterocycles. The molecule has 0 saturated heterocycles. The number of amides is 2. The fraction of sp³-hybridized carbons (Fsp3) is 0.562. The van der Waals surface area contributed by atoms with Gasteiger partial charge >= 0.3 is 6.18 Å². The van der Waals surface area contributed by atoms with Crippen molar-refractivity contribution in [1.82, 2.24) is 9.21 Å². The summed E-state index contributed by atoms with van der Waals surface area (Å²) >= 11 is 0. The van der Waals surface area contributed by atoms with Gasteiger partial charge in [0.1, 0.15) is 5.75 Å². The fourth-order valence-corrected chi connectivity index (χ4v) is 6.27. The summed E-state index contributed by atoms with van der Waals surface area (Å²) in [6.45, 7) is 5.39. The maximum atomic E-state index is 14.2. The Morgan fingerprint density at radius 3 is 2.50 bits per heavy atom. The fourth-order valence-electron chi connectivity index (χ4n) is 5.07. The normalized spacial score (nSPS) is 21.2. The van der Waals surface area contributed by atoms with Crippen molar-refractivity contribution in [3.05, 3.63) is 54.1 Å². The smallest absolute Gasteiger partial charge is 0.389 e. The number of carbonyl (C=O) groups excluding carboxylic acids is 2. The Morgan fingerprint density at radius 1 is 1.15 bits per heavy atom. The first-order chi connectivity index (χ1) is 21.6. The molecule has 0 unspecified atom stereocenters. The van der Waals surface area contributed by atoms with Crippen molar-refractivity contribution in [2.24, 2.45) is 5.92 Å². The highest BCUT2D eigenvalue weighted by Crippen LogP contribution is 2.29. The zero-order valence-corrected chi connectivity index (χ0v) is 27.4. The number of aliphatic hydroxyl groups excluding tert-OH is 1. The highest BCUT2D eigenvalue weighted by atomic mass is 32.2. The van der Waals surface area contributed by atoms with Crippen LogP contribution in [0.1, 0.15) is 63.2 Å². The van der Waals surface area contributed by atoms with Gasteiger partial charge in [-0.1, -0.05) is 25.1 Å². The summed E-state index contributed by atoms with van der Waals surface area (Å²) in [5.41, 5.74) is 0.182. The monoisotopic (exact) mass is 671 g/mol. The number of nitrogens with zero attached hydrogens (tertiary/aromatic N) is 2. The number of likely N-dealkylation sites (N-methyl/N-ethyl adjacent to an activating group) is 1. The van der Waals surface area contributed by atoms with E-state index < -0.39 is 58.9 Å². The number of fused-ring (bicyclic) bond motifs is 1. The van der Waals surface area contributed by atoms with Gasteiger partial charge in [-0.05, 0) is 63.4 Å². The molecule has 0 spiro atoms. The summed E-state index contributed by atoms with van der Waals surface area (Å²) < 4.78 is 78.1. The molecule has 1 aliphatic heterocycles. The van der Waals surface area contributed by atoms with Gasteiger partial charge in [-0.2, -0.15) is 17.5 Å². The van der Waals surface area contributed by atoms with E-state index in [1.807, 2.05) is 13.8 Å². The second-order valence-electron chi connectivity index (χ2n) is 11.8. The van der Waals surface area contributed by atoms with Crippen LogP contribution in [0.5, 0.6) is 5.75 Å². The number of anilines is 1. The second-order valence-corrected chi connectivity index (χ2v) is 13.8.